The number of ether oxygens (including phenoxy) is 3. The Hall–Kier alpha value is -1.06. The van der Waals surface area contributed by atoms with Crippen LogP contribution in [0.5, 0.6) is 5.75 Å². The monoisotopic (exact) mass is 519 g/mol. The molecule has 0 unspecified atom stereocenters. The highest BCUT2D eigenvalue weighted by Gasteiger charge is 2.13. The predicted octanol–water partition coefficient (Wildman–Crippen LogP) is 3.90. The van der Waals surface area contributed by atoms with Gasteiger partial charge in [0.25, 0.3) is 0 Å². The molecule has 1 aromatic rings. The highest BCUT2D eigenvalue weighted by molar-refractivity contribution is 14.0. The molecule has 0 bridgehead atoms. The number of benzene rings is 1. The van der Waals surface area contributed by atoms with Crippen molar-refractivity contribution in [3.63, 3.8) is 0 Å². The molecular weight excluding hydrogens is 481 g/mol. The van der Waals surface area contributed by atoms with Crippen LogP contribution in [0.3, 0.4) is 0 Å². The summed E-state index contributed by atoms with van der Waals surface area (Å²) in [6, 6.07) is 6.32. The smallest absolute Gasteiger partial charge is 0.191 e. The van der Waals surface area contributed by atoms with Gasteiger partial charge in [0.15, 0.2) is 5.96 Å². The Morgan fingerprint density at radius 2 is 2.00 bits per heavy atom. The Kier molecular flexibility index (Phi) is 14.1. The van der Waals surface area contributed by atoms with E-state index >= 15 is 0 Å². The number of rotatable bonds is 11. The van der Waals surface area contributed by atoms with Crippen LogP contribution in [-0.2, 0) is 16.0 Å². The van der Waals surface area contributed by atoms with Crippen LogP contribution in [0.15, 0.2) is 23.2 Å². The molecule has 1 aliphatic rings. The Morgan fingerprint density at radius 3 is 2.72 bits per heavy atom. The highest BCUT2D eigenvalue weighted by Crippen LogP contribution is 2.20. The lowest BCUT2D eigenvalue weighted by molar-refractivity contribution is 0.0203. The van der Waals surface area contributed by atoms with Crippen molar-refractivity contribution in [3.8, 4) is 5.75 Å². The molecule has 1 aliphatic heterocycles. The summed E-state index contributed by atoms with van der Waals surface area (Å²) < 4.78 is 17.1. The van der Waals surface area contributed by atoms with Gasteiger partial charge in [-0.15, -0.1) is 24.0 Å². The molecule has 0 aromatic heterocycles. The molecule has 166 valence electrons. The van der Waals surface area contributed by atoms with Gasteiger partial charge in [-0.3, -0.25) is 4.99 Å². The second-order valence-electron chi connectivity index (χ2n) is 7.30. The first-order chi connectivity index (χ1) is 13.7. The number of aryl methyl sites for hydroxylation is 1. The van der Waals surface area contributed by atoms with Crippen LogP contribution in [0, 0.1) is 12.8 Å². The van der Waals surface area contributed by atoms with E-state index in [4.69, 9.17) is 14.2 Å². The van der Waals surface area contributed by atoms with Gasteiger partial charge in [0.2, 0.25) is 0 Å². The third kappa shape index (κ3) is 10.5. The van der Waals surface area contributed by atoms with Crippen molar-refractivity contribution in [3.05, 3.63) is 29.3 Å². The van der Waals surface area contributed by atoms with Crippen molar-refractivity contribution in [2.45, 2.75) is 46.1 Å². The van der Waals surface area contributed by atoms with Crippen LogP contribution >= 0.6 is 24.0 Å². The number of aliphatic imine (C=N–C) groups is 1. The van der Waals surface area contributed by atoms with Gasteiger partial charge < -0.3 is 24.8 Å². The SMILES string of the molecule is CCCOc1cc(C)ccc1CNC(=NC)NCCCOCC1CCOCC1.I. The molecule has 29 heavy (non-hydrogen) atoms. The van der Waals surface area contributed by atoms with Gasteiger partial charge in [-0.25, -0.2) is 0 Å². The van der Waals surface area contributed by atoms with Crippen LogP contribution in [0.2, 0.25) is 0 Å². The molecule has 0 aliphatic carbocycles. The van der Waals surface area contributed by atoms with E-state index in [1.165, 1.54) is 5.56 Å². The van der Waals surface area contributed by atoms with Gasteiger partial charge in [0, 0.05) is 52.1 Å². The lowest BCUT2D eigenvalue weighted by atomic mass is 10.0. The lowest BCUT2D eigenvalue weighted by Gasteiger charge is -2.21. The fourth-order valence-electron chi connectivity index (χ4n) is 3.10. The number of nitrogens with zero attached hydrogens (tertiary/aromatic N) is 1. The molecule has 6 nitrogen and oxygen atoms in total. The standard InChI is InChI=1S/C22H37N3O3.HI/c1-4-11-28-21-15-18(2)6-7-20(21)16-25-22(23-3)24-10-5-12-27-17-19-8-13-26-14-9-19;/h6-7,15,19H,4-5,8-14,16-17H2,1-3H3,(H2,23,24,25);1H. The minimum atomic E-state index is 0. The fourth-order valence-corrected chi connectivity index (χ4v) is 3.10. The number of guanidine groups is 1. The molecule has 0 spiro atoms. The molecule has 0 atom stereocenters. The van der Waals surface area contributed by atoms with E-state index < -0.39 is 0 Å². The number of hydrogen-bond acceptors (Lipinski definition) is 4. The van der Waals surface area contributed by atoms with E-state index in [9.17, 15) is 0 Å². The second-order valence-corrected chi connectivity index (χ2v) is 7.30. The first kappa shape index (κ1) is 26.0. The minimum absolute atomic E-state index is 0. The van der Waals surface area contributed by atoms with E-state index in [1.807, 2.05) is 0 Å². The third-order valence-electron chi connectivity index (χ3n) is 4.81. The van der Waals surface area contributed by atoms with Crippen molar-refractivity contribution in [1.29, 1.82) is 0 Å². The summed E-state index contributed by atoms with van der Waals surface area (Å²) in [6.07, 6.45) is 4.20. The summed E-state index contributed by atoms with van der Waals surface area (Å²) in [7, 11) is 1.79. The Balaban J connectivity index is 0.00000420. The van der Waals surface area contributed by atoms with Crippen LogP contribution in [0.1, 0.15) is 43.7 Å². The molecule has 2 rings (SSSR count). The zero-order valence-corrected chi connectivity index (χ0v) is 20.5. The highest BCUT2D eigenvalue weighted by atomic mass is 127. The van der Waals surface area contributed by atoms with Crippen molar-refractivity contribution < 1.29 is 14.2 Å². The number of nitrogens with one attached hydrogen (secondary N) is 2. The predicted molar refractivity (Wildman–Crippen MR) is 130 cm³/mol. The average molecular weight is 519 g/mol. The van der Waals surface area contributed by atoms with E-state index in [0.717, 1.165) is 82.5 Å². The summed E-state index contributed by atoms with van der Waals surface area (Å²) >= 11 is 0. The maximum absolute atomic E-state index is 5.88. The molecule has 1 heterocycles. The Labute approximate surface area is 193 Å². The van der Waals surface area contributed by atoms with Crippen LogP contribution in [0.4, 0.5) is 0 Å². The normalized spacial score (nSPS) is 14.9. The topological polar surface area (TPSA) is 64.1 Å². The Morgan fingerprint density at radius 1 is 1.21 bits per heavy atom. The molecule has 2 N–H and O–H groups in total. The van der Waals surface area contributed by atoms with Crippen molar-refractivity contribution in [2.24, 2.45) is 10.9 Å². The number of halogens is 1. The summed E-state index contributed by atoms with van der Waals surface area (Å²) in [5.41, 5.74) is 2.35. The van der Waals surface area contributed by atoms with Crippen molar-refractivity contribution >= 4 is 29.9 Å². The molecule has 0 saturated carbocycles. The van der Waals surface area contributed by atoms with Crippen molar-refractivity contribution in [1.82, 2.24) is 10.6 Å². The van der Waals surface area contributed by atoms with E-state index in [-0.39, 0.29) is 24.0 Å². The zero-order chi connectivity index (χ0) is 20.0. The van der Waals surface area contributed by atoms with Gasteiger partial charge in [-0.05, 0) is 50.2 Å². The second kappa shape index (κ2) is 15.7. The Bertz CT molecular complexity index is 593. The number of hydrogen-bond donors (Lipinski definition) is 2. The first-order valence-corrected chi connectivity index (χ1v) is 10.5. The summed E-state index contributed by atoms with van der Waals surface area (Å²) in [4.78, 5) is 4.30. The summed E-state index contributed by atoms with van der Waals surface area (Å²) in [6.45, 7) is 9.83. The molecular formula is C22H38IN3O3. The van der Waals surface area contributed by atoms with Crippen LogP contribution in [0.25, 0.3) is 0 Å². The maximum atomic E-state index is 5.88. The van der Waals surface area contributed by atoms with Gasteiger partial charge in [0.1, 0.15) is 5.75 Å². The van der Waals surface area contributed by atoms with Gasteiger partial charge in [-0.2, -0.15) is 0 Å². The largest absolute Gasteiger partial charge is 0.493 e. The molecule has 7 heteroatoms. The fraction of sp³-hybridized carbons (Fsp3) is 0.682. The van der Waals surface area contributed by atoms with Crippen LogP contribution in [-0.4, -0.2) is 52.6 Å². The molecule has 0 radical (unpaired) electrons. The van der Waals surface area contributed by atoms with Gasteiger partial charge >= 0.3 is 0 Å². The lowest BCUT2D eigenvalue weighted by Crippen LogP contribution is -2.37. The van der Waals surface area contributed by atoms with E-state index in [1.54, 1.807) is 7.05 Å². The van der Waals surface area contributed by atoms with Crippen LogP contribution < -0.4 is 15.4 Å². The summed E-state index contributed by atoms with van der Waals surface area (Å²) in [5.74, 6) is 2.41. The quantitative estimate of drug-likeness (QED) is 0.201. The zero-order valence-electron chi connectivity index (χ0n) is 18.2. The van der Waals surface area contributed by atoms with Crippen molar-refractivity contribution in [2.75, 3.05) is 46.6 Å². The summed E-state index contributed by atoms with van der Waals surface area (Å²) in [5, 5.41) is 6.72. The third-order valence-corrected chi connectivity index (χ3v) is 4.81. The van der Waals surface area contributed by atoms with E-state index in [0.29, 0.717) is 12.5 Å². The van der Waals surface area contributed by atoms with E-state index in [2.05, 4.69) is 47.7 Å². The molecule has 0 amide bonds. The molecule has 1 aromatic carbocycles. The molecule has 1 fully saturated rings. The van der Waals surface area contributed by atoms with Gasteiger partial charge in [0.05, 0.1) is 6.61 Å². The van der Waals surface area contributed by atoms with Gasteiger partial charge in [-0.1, -0.05) is 19.1 Å². The molecule has 1 saturated heterocycles. The maximum Gasteiger partial charge on any atom is 0.191 e. The minimum Gasteiger partial charge on any atom is -0.493 e. The average Bonchev–Trinajstić information content (AvgIpc) is 2.72. The first-order valence-electron chi connectivity index (χ1n) is 10.5.